The average Bonchev–Trinajstić information content (AvgIpc) is 2.61. The lowest BCUT2D eigenvalue weighted by Crippen LogP contribution is -2.54. The van der Waals surface area contributed by atoms with Crippen LogP contribution >= 0.6 is 0 Å². The van der Waals surface area contributed by atoms with Gasteiger partial charge in [0.2, 0.25) is 0 Å². The van der Waals surface area contributed by atoms with E-state index in [0.29, 0.717) is 32.7 Å². The molecule has 3 amide bonds. The molecule has 7 nitrogen and oxygen atoms in total. The zero-order chi connectivity index (χ0) is 20.9. The van der Waals surface area contributed by atoms with Crippen molar-refractivity contribution >= 4 is 12.1 Å². The Hall–Kier alpha value is -2.28. The molecule has 0 bridgehead atoms. The Labute approximate surface area is 168 Å². The lowest BCUT2D eigenvalue weighted by molar-refractivity contribution is 0.0169. The van der Waals surface area contributed by atoms with E-state index in [1.54, 1.807) is 9.80 Å². The van der Waals surface area contributed by atoms with Gasteiger partial charge >= 0.3 is 12.1 Å². The molecular formula is C21H34N4O3. The summed E-state index contributed by atoms with van der Waals surface area (Å²) in [5.74, 6) is 0. The van der Waals surface area contributed by atoms with Gasteiger partial charge in [-0.05, 0) is 47.4 Å². The second-order valence-electron chi connectivity index (χ2n) is 8.53. The van der Waals surface area contributed by atoms with Gasteiger partial charge in [0, 0.05) is 32.7 Å². The number of nitrogens with zero attached hydrogens (tertiary/aromatic N) is 3. The van der Waals surface area contributed by atoms with E-state index in [4.69, 9.17) is 4.74 Å². The zero-order valence-electron chi connectivity index (χ0n) is 18.0. The number of benzene rings is 1. The summed E-state index contributed by atoms with van der Waals surface area (Å²) in [6, 6.07) is 8.39. The summed E-state index contributed by atoms with van der Waals surface area (Å²) < 4.78 is 5.40. The van der Waals surface area contributed by atoms with Crippen molar-refractivity contribution in [1.29, 1.82) is 0 Å². The van der Waals surface area contributed by atoms with Gasteiger partial charge in [0.05, 0.1) is 6.04 Å². The van der Waals surface area contributed by atoms with Crippen LogP contribution in [0.5, 0.6) is 0 Å². The number of piperazine rings is 1. The molecule has 1 fully saturated rings. The van der Waals surface area contributed by atoms with Crippen molar-refractivity contribution in [2.75, 3.05) is 46.8 Å². The maximum Gasteiger partial charge on any atom is 0.410 e. The third kappa shape index (κ3) is 6.41. The number of likely N-dealkylation sites (N-methyl/N-ethyl adjacent to an activating group) is 1. The Balaban J connectivity index is 1.84. The van der Waals surface area contributed by atoms with Gasteiger partial charge in [0.1, 0.15) is 5.60 Å². The fourth-order valence-electron chi connectivity index (χ4n) is 3.10. The van der Waals surface area contributed by atoms with E-state index in [2.05, 4.69) is 41.4 Å². The van der Waals surface area contributed by atoms with Gasteiger partial charge in [0.15, 0.2) is 0 Å². The highest BCUT2D eigenvalue weighted by Crippen LogP contribution is 2.18. The highest BCUT2D eigenvalue weighted by Gasteiger charge is 2.28. The first kappa shape index (κ1) is 22.0. The van der Waals surface area contributed by atoms with Crippen molar-refractivity contribution < 1.29 is 14.3 Å². The molecule has 1 unspecified atom stereocenters. The minimum atomic E-state index is -0.511. The molecular weight excluding hydrogens is 356 g/mol. The number of carbonyl (C=O) groups is 2. The van der Waals surface area contributed by atoms with Crippen LogP contribution in [0.1, 0.15) is 37.9 Å². The number of hydrogen-bond donors (Lipinski definition) is 1. The quantitative estimate of drug-likeness (QED) is 0.859. The number of rotatable bonds is 4. The van der Waals surface area contributed by atoms with Crippen LogP contribution in [0.3, 0.4) is 0 Å². The molecule has 7 heteroatoms. The molecule has 1 aromatic rings. The van der Waals surface area contributed by atoms with Crippen molar-refractivity contribution in [3.63, 3.8) is 0 Å². The number of nitrogens with one attached hydrogen (secondary N) is 1. The van der Waals surface area contributed by atoms with Crippen molar-refractivity contribution in [3.05, 3.63) is 35.4 Å². The SMILES string of the molecule is Cc1ccc(C(CNC(=O)N2CCN(C(=O)OC(C)(C)C)CC2)N(C)C)cc1. The molecule has 28 heavy (non-hydrogen) atoms. The van der Waals surface area contributed by atoms with Crippen molar-refractivity contribution in [2.24, 2.45) is 0 Å². The van der Waals surface area contributed by atoms with Crippen LogP contribution in [0.15, 0.2) is 24.3 Å². The molecule has 1 atom stereocenters. The smallest absolute Gasteiger partial charge is 0.410 e. The average molecular weight is 391 g/mol. The summed E-state index contributed by atoms with van der Waals surface area (Å²) in [4.78, 5) is 30.2. The molecule has 0 aromatic heterocycles. The molecule has 1 saturated heterocycles. The normalized spacial score (nSPS) is 16.1. The summed E-state index contributed by atoms with van der Waals surface area (Å²) in [5, 5.41) is 3.04. The number of ether oxygens (including phenoxy) is 1. The Bertz CT molecular complexity index is 659. The highest BCUT2D eigenvalue weighted by atomic mass is 16.6. The summed E-state index contributed by atoms with van der Waals surface area (Å²) in [6.07, 6.45) is -0.320. The molecule has 0 radical (unpaired) electrons. The molecule has 1 heterocycles. The second-order valence-corrected chi connectivity index (χ2v) is 8.53. The van der Waals surface area contributed by atoms with E-state index in [-0.39, 0.29) is 18.2 Å². The Morgan fingerprint density at radius 3 is 2.11 bits per heavy atom. The van der Waals surface area contributed by atoms with Gasteiger partial charge in [-0.3, -0.25) is 0 Å². The Morgan fingerprint density at radius 1 is 1.07 bits per heavy atom. The standard InChI is InChI=1S/C21H34N4O3/c1-16-7-9-17(10-8-16)18(23(5)6)15-22-19(26)24-11-13-25(14-12-24)20(27)28-21(2,3)4/h7-10,18H,11-15H2,1-6H3,(H,22,26). The minimum Gasteiger partial charge on any atom is -0.444 e. The number of amides is 3. The second kappa shape index (κ2) is 9.28. The number of hydrogen-bond acceptors (Lipinski definition) is 4. The molecule has 1 aliphatic rings. The number of carbonyl (C=O) groups excluding carboxylic acids is 2. The van der Waals surface area contributed by atoms with Crippen molar-refractivity contribution in [1.82, 2.24) is 20.0 Å². The van der Waals surface area contributed by atoms with Crippen molar-refractivity contribution in [3.8, 4) is 0 Å². The van der Waals surface area contributed by atoms with Crippen LogP contribution in [0.25, 0.3) is 0 Å². The van der Waals surface area contributed by atoms with E-state index >= 15 is 0 Å². The van der Waals surface area contributed by atoms with Crippen LogP contribution in [0.2, 0.25) is 0 Å². The lowest BCUT2D eigenvalue weighted by atomic mass is 10.0. The highest BCUT2D eigenvalue weighted by molar-refractivity contribution is 5.75. The summed E-state index contributed by atoms with van der Waals surface area (Å²) in [7, 11) is 4.02. The summed E-state index contributed by atoms with van der Waals surface area (Å²) >= 11 is 0. The predicted octanol–water partition coefficient (Wildman–Crippen LogP) is 2.86. The molecule has 1 aliphatic heterocycles. The molecule has 1 N–H and O–H groups in total. The summed E-state index contributed by atoms with van der Waals surface area (Å²) in [6.45, 7) is 10.1. The topological polar surface area (TPSA) is 65.1 Å². The molecule has 2 rings (SSSR count). The van der Waals surface area contributed by atoms with Gasteiger partial charge in [-0.1, -0.05) is 29.8 Å². The predicted molar refractivity (Wildman–Crippen MR) is 110 cm³/mol. The van der Waals surface area contributed by atoms with Gasteiger partial charge in [0.25, 0.3) is 0 Å². The molecule has 0 saturated carbocycles. The van der Waals surface area contributed by atoms with E-state index < -0.39 is 5.60 Å². The number of aryl methyl sites for hydroxylation is 1. The van der Waals surface area contributed by atoms with E-state index in [1.807, 2.05) is 34.9 Å². The van der Waals surface area contributed by atoms with Crippen LogP contribution in [0.4, 0.5) is 9.59 Å². The van der Waals surface area contributed by atoms with Crippen molar-refractivity contribution in [2.45, 2.75) is 39.3 Å². The van der Waals surface area contributed by atoms with E-state index in [9.17, 15) is 9.59 Å². The third-order valence-electron chi connectivity index (χ3n) is 4.75. The largest absolute Gasteiger partial charge is 0.444 e. The first-order chi connectivity index (χ1) is 13.1. The number of urea groups is 1. The van der Waals surface area contributed by atoms with Gasteiger partial charge in [-0.25, -0.2) is 9.59 Å². The molecule has 156 valence electrons. The fraction of sp³-hybridized carbons (Fsp3) is 0.619. The third-order valence-corrected chi connectivity index (χ3v) is 4.75. The van der Waals surface area contributed by atoms with Gasteiger partial charge in [-0.2, -0.15) is 0 Å². The van der Waals surface area contributed by atoms with E-state index in [1.165, 1.54) is 11.1 Å². The zero-order valence-corrected chi connectivity index (χ0v) is 18.0. The monoisotopic (exact) mass is 390 g/mol. The molecule has 1 aromatic carbocycles. The Morgan fingerprint density at radius 2 is 1.61 bits per heavy atom. The molecule has 0 aliphatic carbocycles. The maximum absolute atomic E-state index is 12.6. The first-order valence-electron chi connectivity index (χ1n) is 9.80. The molecule has 0 spiro atoms. The van der Waals surface area contributed by atoms with Crippen LogP contribution in [-0.4, -0.2) is 79.2 Å². The lowest BCUT2D eigenvalue weighted by Gasteiger charge is -2.36. The van der Waals surface area contributed by atoms with Gasteiger partial charge in [-0.15, -0.1) is 0 Å². The van der Waals surface area contributed by atoms with Crippen LogP contribution in [-0.2, 0) is 4.74 Å². The summed E-state index contributed by atoms with van der Waals surface area (Å²) in [5.41, 5.74) is 1.88. The first-order valence-corrected chi connectivity index (χ1v) is 9.80. The van der Waals surface area contributed by atoms with Crippen LogP contribution < -0.4 is 5.32 Å². The Kier molecular flexibility index (Phi) is 7.29. The van der Waals surface area contributed by atoms with Gasteiger partial charge < -0.3 is 24.8 Å². The van der Waals surface area contributed by atoms with E-state index in [0.717, 1.165) is 0 Å². The maximum atomic E-state index is 12.6. The fourth-order valence-corrected chi connectivity index (χ4v) is 3.10. The minimum absolute atomic E-state index is 0.0946. The van der Waals surface area contributed by atoms with Crippen LogP contribution in [0, 0.1) is 6.92 Å².